The minimum Gasteiger partial charge on any atom is -0.508 e. The topological polar surface area (TPSA) is 88.1 Å². The fraction of sp³-hybridized carbons (Fsp3) is 0.440. The lowest BCUT2D eigenvalue weighted by Gasteiger charge is -2.49. The monoisotopic (exact) mass is 417 g/mol. The van der Waals surface area contributed by atoms with E-state index in [0.717, 1.165) is 37.7 Å². The molecule has 0 radical (unpaired) electrons. The van der Waals surface area contributed by atoms with E-state index in [9.17, 15) is 15.2 Å². The lowest BCUT2D eigenvalue weighted by molar-refractivity contribution is -0.384. The van der Waals surface area contributed by atoms with Gasteiger partial charge in [-0.05, 0) is 97.2 Å². The van der Waals surface area contributed by atoms with Crippen molar-refractivity contribution in [2.24, 2.45) is 27.5 Å². The van der Waals surface area contributed by atoms with Gasteiger partial charge in [-0.2, -0.15) is 10.2 Å². The smallest absolute Gasteiger partial charge is 0.269 e. The number of nitro benzene ring substituents is 1. The molecule has 6 nitrogen and oxygen atoms in total. The number of rotatable bonds is 3. The van der Waals surface area contributed by atoms with E-state index in [-0.39, 0.29) is 11.1 Å². The molecule has 2 aromatic rings. The maximum Gasteiger partial charge on any atom is 0.269 e. The first-order valence-electron chi connectivity index (χ1n) is 11.1. The van der Waals surface area contributed by atoms with Crippen molar-refractivity contribution in [3.8, 4) is 5.75 Å². The summed E-state index contributed by atoms with van der Waals surface area (Å²) in [6.07, 6.45) is 8.33. The Bertz CT molecular complexity index is 1080. The van der Waals surface area contributed by atoms with Crippen LogP contribution in [0.15, 0.2) is 52.7 Å². The Morgan fingerprint density at radius 1 is 1.13 bits per heavy atom. The van der Waals surface area contributed by atoms with Crippen molar-refractivity contribution >= 4 is 17.6 Å². The fourth-order valence-electron chi connectivity index (χ4n) is 6.37. The summed E-state index contributed by atoms with van der Waals surface area (Å²) in [5, 5.41) is 29.6. The minimum atomic E-state index is -0.399. The lowest BCUT2D eigenvalue weighted by Crippen LogP contribution is -2.42. The van der Waals surface area contributed by atoms with Gasteiger partial charge in [-0.25, -0.2) is 0 Å². The summed E-state index contributed by atoms with van der Waals surface area (Å²) in [5.74, 6) is 2.26. The van der Waals surface area contributed by atoms with Crippen molar-refractivity contribution in [1.82, 2.24) is 0 Å². The number of fused-ring (bicyclic) bond motifs is 5. The van der Waals surface area contributed by atoms with E-state index in [0.29, 0.717) is 23.5 Å². The number of hydrogen-bond acceptors (Lipinski definition) is 5. The van der Waals surface area contributed by atoms with Crippen molar-refractivity contribution in [3.63, 3.8) is 0 Å². The Kier molecular flexibility index (Phi) is 4.88. The molecule has 2 fully saturated rings. The van der Waals surface area contributed by atoms with Gasteiger partial charge in [0.15, 0.2) is 0 Å². The fourth-order valence-corrected chi connectivity index (χ4v) is 6.37. The molecule has 0 unspecified atom stereocenters. The molecule has 2 aromatic carbocycles. The standard InChI is InChI=1S/C25H27N3O3/c1-25-13-12-21-20-9-7-19(29)14-17(20)4-8-22(21)23(25)10-11-24(25)27-26-15-16-2-5-18(6-3-16)28(30)31/h2-3,5-7,9,14-15,21-23,29H,4,8,10-13H2,1H3/b26-15-,27-24-/t21-,22-,23-,25+/m0/s1. The van der Waals surface area contributed by atoms with Gasteiger partial charge >= 0.3 is 0 Å². The van der Waals surface area contributed by atoms with Gasteiger partial charge < -0.3 is 5.11 Å². The Morgan fingerprint density at radius 2 is 1.94 bits per heavy atom. The van der Waals surface area contributed by atoms with Gasteiger partial charge in [-0.3, -0.25) is 10.1 Å². The van der Waals surface area contributed by atoms with Gasteiger partial charge in [0, 0.05) is 23.3 Å². The highest BCUT2D eigenvalue weighted by Crippen LogP contribution is 2.60. The highest BCUT2D eigenvalue weighted by Gasteiger charge is 2.53. The second-order valence-electron chi connectivity index (χ2n) is 9.43. The molecule has 160 valence electrons. The summed E-state index contributed by atoms with van der Waals surface area (Å²) in [7, 11) is 0. The molecule has 5 rings (SSSR count). The number of phenolic OH excluding ortho intramolecular Hbond substituents is 1. The van der Waals surface area contributed by atoms with Crippen LogP contribution in [0.3, 0.4) is 0 Å². The molecule has 0 heterocycles. The van der Waals surface area contributed by atoms with Crippen LogP contribution in [-0.2, 0) is 6.42 Å². The molecular weight excluding hydrogens is 390 g/mol. The first kappa shape index (κ1) is 19.9. The number of benzene rings is 2. The third-order valence-corrected chi connectivity index (χ3v) is 7.94. The zero-order chi connectivity index (χ0) is 21.6. The molecule has 4 atom stereocenters. The van der Waals surface area contributed by atoms with Gasteiger partial charge in [-0.1, -0.05) is 13.0 Å². The molecule has 2 saturated carbocycles. The number of phenols is 1. The summed E-state index contributed by atoms with van der Waals surface area (Å²) in [5.41, 5.74) is 4.96. The Balaban J connectivity index is 1.34. The van der Waals surface area contributed by atoms with E-state index in [4.69, 9.17) is 0 Å². The second kappa shape index (κ2) is 7.59. The number of aromatic hydroxyl groups is 1. The zero-order valence-electron chi connectivity index (χ0n) is 17.7. The van der Waals surface area contributed by atoms with Crippen LogP contribution < -0.4 is 0 Å². The maximum absolute atomic E-state index is 10.8. The van der Waals surface area contributed by atoms with Gasteiger partial charge in [0.05, 0.1) is 11.1 Å². The predicted octanol–water partition coefficient (Wildman–Crippen LogP) is 5.63. The maximum atomic E-state index is 10.8. The van der Waals surface area contributed by atoms with Crippen LogP contribution in [0.1, 0.15) is 61.6 Å². The van der Waals surface area contributed by atoms with E-state index in [1.165, 1.54) is 35.4 Å². The molecular formula is C25H27N3O3. The predicted molar refractivity (Wildman–Crippen MR) is 121 cm³/mol. The third-order valence-electron chi connectivity index (χ3n) is 7.94. The molecule has 0 saturated heterocycles. The lowest BCUT2D eigenvalue weighted by atomic mass is 9.55. The normalized spacial score (nSPS) is 30.7. The summed E-state index contributed by atoms with van der Waals surface area (Å²) in [6.45, 7) is 2.37. The van der Waals surface area contributed by atoms with Crippen molar-refractivity contribution in [2.75, 3.05) is 0 Å². The SMILES string of the molecule is C[C@@]12CC[C@H]3c4ccc(O)cc4CC[C@@H]3[C@@H]1CC/C2=N/N=C\c1ccc([N+](=O)[O-])cc1. The molecule has 3 aliphatic rings. The van der Waals surface area contributed by atoms with E-state index >= 15 is 0 Å². The minimum absolute atomic E-state index is 0.0793. The number of nitrogens with zero attached hydrogens (tertiary/aromatic N) is 3. The summed E-state index contributed by atoms with van der Waals surface area (Å²) in [4.78, 5) is 10.4. The van der Waals surface area contributed by atoms with Crippen LogP contribution in [0, 0.1) is 27.4 Å². The molecule has 0 bridgehead atoms. The quantitative estimate of drug-likeness (QED) is 0.399. The van der Waals surface area contributed by atoms with E-state index in [1.54, 1.807) is 18.3 Å². The Labute approximate surface area is 181 Å². The van der Waals surface area contributed by atoms with Crippen LogP contribution in [0.25, 0.3) is 0 Å². The average molecular weight is 418 g/mol. The van der Waals surface area contributed by atoms with Crippen LogP contribution >= 0.6 is 0 Å². The second-order valence-corrected chi connectivity index (χ2v) is 9.43. The number of nitro groups is 1. The van der Waals surface area contributed by atoms with Crippen molar-refractivity contribution in [3.05, 3.63) is 69.3 Å². The van der Waals surface area contributed by atoms with Crippen LogP contribution in [0.4, 0.5) is 5.69 Å². The van der Waals surface area contributed by atoms with Crippen molar-refractivity contribution < 1.29 is 10.0 Å². The van der Waals surface area contributed by atoms with Crippen LogP contribution in [0.2, 0.25) is 0 Å². The molecule has 0 aromatic heterocycles. The summed E-state index contributed by atoms with van der Waals surface area (Å²) < 4.78 is 0. The van der Waals surface area contributed by atoms with E-state index < -0.39 is 4.92 Å². The van der Waals surface area contributed by atoms with Gasteiger partial charge in [0.25, 0.3) is 5.69 Å². The first-order valence-corrected chi connectivity index (χ1v) is 11.1. The molecule has 0 amide bonds. The van der Waals surface area contributed by atoms with Crippen LogP contribution in [0.5, 0.6) is 5.75 Å². The number of non-ortho nitro benzene ring substituents is 1. The Morgan fingerprint density at radius 3 is 2.71 bits per heavy atom. The Hall–Kier alpha value is -3.02. The summed E-state index contributed by atoms with van der Waals surface area (Å²) in [6, 6.07) is 12.3. The summed E-state index contributed by atoms with van der Waals surface area (Å²) >= 11 is 0. The van der Waals surface area contributed by atoms with Gasteiger partial charge in [0.1, 0.15) is 5.75 Å². The van der Waals surface area contributed by atoms with Crippen molar-refractivity contribution in [2.45, 2.75) is 51.4 Å². The highest BCUT2D eigenvalue weighted by molar-refractivity contribution is 5.93. The number of hydrogen-bond donors (Lipinski definition) is 1. The van der Waals surface area contributed by atoms with E-state index in [1.807, 2.05) is 12.1 Å². The first-order chi connectivity index (χ1) is 15.0. The van der Waals surface area contributed by atoms with Crippen LogP contribution in [-0.4, -0.2) is 22.0 Å². The molecule has 6 heteroatoms. The van der Waals surface area contributed by atoms with Gasteiger partial charge in [-0.15, -0.1) is 0 Å². The van der Waals surface area contributed by atoms with Gasteiger partial charge in [0.2, 0.25) is 0 Å². The molecule has 31 heavy (non-hydrogen) atoms. The molecule has 3 aliphatic carbocycles. The zero-order valence-corrected chi connectivity index (χ0v) is 17.7. The average Bonchev–Trinajstić information content (AvgIpc) is 3.10. The largest absolute Gasteiger partial charge is 0.508 e. The highest BCUT2D eigenvalue weighted by atomic mass is 16.6. The van der Waals surface area contributed by atoms with E-state index in [2.05, 4.69) is 23.2 Å². The molecule has 0 aliphatic heterocycles. The molecule has 0 spiro atoms. The third kappa shape index (κ3) is 3.44. The number of aryl methyl sites for hydroxylation is 1. The van der Waals surface area contributed by atoms with Crippen molar-refractivity contribution in [1.29, 1.82) is 0 Å². The molecule has 1 N–H and O–H groups in total.